The largest absolute Gasteiger partial charge is 0.312 e. The number of fused-ring (bicyclic) bond motifs is 1. The van der Waals surface area contributed by atoms with Crippen LogP contribution in [0.15, 0.2) is 48.5 Å². The summed E-state index contributed by atoms with van der Waals surface area (Å²) in [6.45, 7) is 4.21. The van der Waals surface area contributed by atoms with Crippen molar-refractivity contribution >= 4 is 0 Å². The first-order valence-corrected chi connectivity index (χ1v) is 6.19. The number of hydrogen-bond acceptors (Lipinski definition) is 1. The number of nitrogens with one attached hydrogen (secondary N) is 1. The molecule has 0 spiro atoms. The summed E-state index contributed by atoms with van der Waals surface area (Å²) in [5, 5.41) is 3.51. The molecule has 0 fully saturated rings. The molecule has 0 radical (unpaired) electrons. The van der Waals surface area contributed by atoms with E-state index in [9.17, 15) is 0 Å². The van der Waals surface area contributed by atoms with Crippen molar-refractivity contribution in [3.63, 3.8) is 0 Å². The third-order valence-electron chi connectivity index (χ3n) is 3.54. The molecule has 0 saturated carbocycles. The summed E-state index contributed by atoms with van der Waals surface area (Å²) in [4.78, 5) is 0. The summed E-state index contributed by atoms with van der Waals surface area (Å²) in [5.41, 5.74) is 5.70. The third kappa shape index (κ3) is 1.98. The molecule has 3 rings (SSSR count). The van der Waals surface area contributed by atoms with E-state index in [2.05, 4.69) is 60.8 Å². The van der Waals surface area contributed by atoms with Crippen molar-refractivity contribution in [2.24, 2.45) is 0 Å². The minimum atomic E-state index is 0.500. The first kappa shape index (κ1) is 10.5. The van der Waals surface area contributed by atoms with E-state index >= 15 is 0 Å². The van der Waals surface area contributed by atoms with Crippen LogP contribution in [-0.4, -0.2) is 6.54 Å². The zero-order valence-electron chi connectivity index (χ0n) is 10.1. The summed E-state index contributed by atoms with van der Waals surface area (Å²) < 4.78 is 0. The minimum absolute atomic E-state index is 0.500. The molecule has 1 atom stereocenters. The minimum Gasteiger partial charge on any atom is -0.312 e. The molecule has 86 valence electrons. The van der Waals surface area contributed by atoms with Crippen molar-refractivity contribution < 1.29 is 0 Å². The average Bonchev–Trinajstić information content (AvgIpc) is 2.39. The second-order valence-corrected chi connectivity index (χ2v) is 4.80. The van der Waals surface area contributed by atoms with Crippen LogP contribution in [0.3, 0.4) is 0 Å². The van der Waals surface area contributed by atoms with Crippen LogP contribution in [0.2, 0.25) is 0 Å². The van der Waals surface area contributed by atoms with Crippen LogP contribution in [0.1, 0.15) is 28.2 Å². The van der Waals surface area contributed by atoms with E-state index in [1.807, 2.05) is 0 Å². The summed E-state index contributed by atoms with van der Waals surface area (Å²) in [6.07, 6.45) is 0. The number of hydrogen-bond donors (Lipinski definition) is 1. The molecule has 1 heteroatoms. The zero-order chi connectivity index (χ0) is 11.7. The van der Waals surface area contributed by atoms with Gasteiger partial charge in [-0.2, -0.15) is 0 Å². The van der Waals surface area contributed by atoms with Gasteiger partial charge in [0.25, 0.3) is 0 Å². The maximum Gasteiger partial charge on any atom is 0.0218 e. The maximum absolute atomic E-state index is 3.51. The zero-order valence-corrected chi connectivity index (χ0v) is 10.1. The van der Waals surface area contributed by atoms with E-state index in [-0.39, 0.29) is 0 Å². The average molecular weight is 223 g/mol. The van der Waals surface area contributed by atoms with Crippen molar-refractivity contribution in [1.29, 1.82) is 0 Å². The van der Waals surface area contributed by atoms with Crippen LogP contribution < -0.4 is 5.32 Å². The van der Waals surface area contributed by atoms with Gasteiger partial charge in [0.2, 0.25) is 0 Å². The fraction of sp³-hybridized carbons (Fsp3) is 0.250. The standard InChI is InChI=1S/C16H17N/c1-12-7-8-14-10-17-11-16(15(14)9-12)13-5-3-2-4-6-13/h2-9,16-17H,10-11H2,1H3/t16-/m1/s1. The van der Waals surface area contributed by atoms with Gasteiger partial charge in [-0.1, -0.05) is 54.1 Å². The van der Waals surface area contributed by atoms with Gasteiger partial charge in [-0.05, 0) is 23.6 Å². The monoisotopic (exact) mass is 223 g/mol. The van der Waals surface area contributed by atoms with Gasteiger partial charge in [0, 0.05) is 19.0 Å². The van der Waals surface area contributed by atoms with E-state index in [0.29, 0.717) is 5.92 Å². The molecular weight excluding hydrogens is 206 g/mol. The molecule has 0 aromatic heterocycles. The lowest BCUT2D eigenvalue weighted by molar-refractivity contribution is 0.591. The van der Waals surface area contributed by atoms with Gasteiger partial charge >= 0.3 is 0 Å². The number of benzene rings is 2. The van der Waals surface area contributed by atoms with E-state index in [1.54, 1.807) is 0 Å². The van der Waals surface area contributed by atoms with E-state index in [1.165, 1.54) is 22.3 Å². The van der Waals surface area contributed by atoms with Crippen LogP contribution >= 0.6 is 0 Å². The van der Waals surface area contributed by atoms with Gasteiger partial charge < -0.3 is 5.32 Å². The lowest BCUT2D eigenvalue weighted by Gasteiger charge is -2.27. The summed E-state index contributed by atoms with van der Waals surface area (Å²) >= 11 is 0. The first-order chi connectivity index (χ1) is 8.34. The van der Waals surface area contributed by atoms with Gasteiger partial charge in [0.05, 0.1) is 0 Å². The molecule has 1 aliphatic rings. The summed E-state index contributed by atoms with van der Waals surface area (Å²) in [6, 6.07) is 17.6. The van der Waals surface area contributed by atoms with Gasteiger partial charge in [0.1, 0.15) is 0 Å². The highest BCUT2D eigenvalue weighted by Gasteiger charge is 2.20. The molecule has 1 aliphatic heterocycles. The van der Waals surface area contributed by atoms with Crippen LogP contribution in [-0.2, 0) is 6.54 Å². The Morgan fingerprint density at radius 3 is 2.71 bits per heavy atom. The summed E-state index contributed by atoms with van der Waals surface area (Å²) in [7, 11) is 0. The second-order valence-electron chi connectivity index (χ2n) is 4.80. The Morgan fingerprint density at radius 1 is 1.06 bits per heavy atom. The van der Waals surface area contributed by atoms with Crippen molar-refractivity contribution in [1.82, 2.24) is 5.32 Å². The fourth-order valence-corrected chi connectivity index (χ4v) is 2.64. The molecule has 0 aliphatic carbocycles. The van der Waals surface area contributed by atoms with Crippen molar-refractivity contribution in [3.8, 4) is 0 Å². The predicted molar refractivity (Wildman–Crippen MR) is 71.2 cm³/mol. The highest BCUT2D eigenvalue weighted by Crippen LogP contribution is 2.30. The molecule has 0 amide bonds. The Bertz CT molecular complexity index is 516. The Hall–Kier alpha value is -1.60. The lowest BCUT2D eigenvalue weighted by atomic mass is 9.85. The van der Waals surface area contributed by atoms with Gasteiger partial charge in [-0.25, -0.2) is 0 Å². The lowest BCUT2D eigenvalue weighted by Crippen LogP contribution is -2.28. The smallest absolute Gasteiger partial charge is 0.0218 e. The SMILES string of the molecule is Cc1ccc2c(c1)[C@@H](c1ccccc1)CNC2. The van der Waals surface area contributed by atoms with Crippen LogP contribution in [0.25, 0.3) is 0 Å². The predicted octanol–water partition coefficient (Wildman–Crippen LogP) is 3.23. The van der Waals surface area contributed by atoms with Gasteiger partial charge in [-0.15, -0.1) is 0 Å². The molecule has 2 aromatic rings. The molecule has 0 saturated heterocycles. The van der Waals surface area contributed by atoms with Crippen LogP contribution in [0.5, 0.6) is 0 Å². The Labute approximate surface area is 102 Å². The van der Waals surface area contributed by atoms with Gasteiger partial charge in [-0.3, -0.25) is 0 Å². The number of rotatable bonds is 1. The van der Waals surface area contributed by atoms with Crippen molar-refractivity contribution in [2.45, 2.75) is 19.4 Å². The molecule has 0 bridgehead atoms. The van der Waals surface area contributed by atoms with Crippen LogP contribution in [0, 0.1) is 6.92 Å². The molecule has 1 nitrogen and oxygen atoms in total. The van der Waals surface area contributed by atoms with Gasteiger partial charge in [0.15, 0.2) is 0 Å². The molecule has 0 unspecified atom stereocenters. The maximum atomic E-state index is 3.51. The van der Waals surface area contributed by atoms with Crippen LogP contribution in [0.4, 0.5) is 0 Å². The van der Waals surface area contributed by atoms with Crippen molar-refractivity contribution in [2.75, 3.05) is 6.54 Å². The first-order valence-electron chi connectivity index (χ1n) is 6.19. The molecule has 17 heavy (non-hydrogen) atoms. The third-order valence-corrected chi connectivity index (χ3v) is 3.54. The topological polar surface area (TPSA) is 12.0 Å². The Balaban J connectivity index is 2.08. The highest BCUT2D eigenvalue weighted by molar-refractivity contribution is 5.42. The molecule has 1 N–H and O–H groups in total. The number of aryl methyl sites for hydroxylation is 1. The quantitative estimate of drug-likeness (QED) is 0.782. The second kappa shape index (κ2) is 4.34. The van der Waals surface area contributed by atoms with E-state index < -0.39 is 0 Å². The summed E-state index contributed by atoms with van der Waals surface area (Å²) in [5.74, 6) is 0.500. The Morgan fingerprint density at radius 2 is 1.88 bits per heavy atom. The molecule has 1 heterocycles. The Kier molecular flexibility index (Phi) is 2.69. The van der Waals surface area contributed by atoms with E-state index in [0.717, 1.165) is 13.1 Å². The molecular formula is C16H17N. The fourth-order valence-electron chi connectivity index (χ4n) is 2.64. The highest BCUT2D eigenvalue weighted by atomic mass is 14.9. The van der Waals surface area contributed by atoms with Crippen molar-refractivity contribution in [3.05, 3.63) is 70.8 Å². The molecule has 2 aromatic carbocycles. The van der Waals surface area contributed by atoms with E-state index in [4.69, 9.17) is 0 Å². The normalized spacial score (nSPS) is 18.8.